The van der Waals surface area contributed by atoms with Crippen LogP contribution in [0.25, 0.3) is 0 Å². The van der Waals surface area contributed by atoms with E-state index >= 15 is 0 Å². The second-order valence-electron chi connectivity index (χ2n) is 9.36. The van der Waals surface area contributed by atoms with Crippen LogP contribution >= 0.6 is 0 Å². The third-order valence-electron chi connectivity index (χ3n) is 8.18. The molecule has 2 saturated heterocycles. The first-order valence-electron chi connectivity index (χ1n) is 9.88. The summed E-state index contributed by atoms with van der Waals surface area (Å²) in [6, 6.07) is 0.293. The number of urea groups is 1. The average molecular weight is 331 g/mol. The lowest BCUT2D eigenvalue weighted by Crippen LogP contribution is -2.60. The zero-order valence-electron chi connectivity index (χ0n) is 14.6. The van der Waals surface area contributed by atoms with Crippen LogP contribution in [0.4, 0.5) is 4.79 Å². The Hall–Kier alpha value is -1.26. The lowest BCUT2D eigenvalue weighted by atomic mass is 9.56. The van der Waals surface area contributed by atoms with E-state index in [0.29, 0.717) is 6.03 Å². The molecule has 6 rings (SSSR count). The Balaban J connectivity index is 1.40. The van der Waals surface area contributed by atoms with Crippen molar-refractivity contribution in [2.24, 2.45) is 17.1 Å². The van der Waals surface area contributed by atoms with Crippen molar-refractivity contribution in [2.75, 3.05) is 13.1 Å². The number of primary amides is 1. The zero-order chi connectivity index (χ0) is 16.6. The van der Waals surface area contributed by atoms with Crippen molar-refractivity contribution in [2.45, 2.75) is 81.7 Å². The van der Waals surface area contributed by atoms with Gasteiger partial charge in [-0.25, -0.2) is 4.79 Å². The van der Waals surface area contributed by atoms with Crippen LogP contribution in [0.2, 0.25) is 0 Å². The minimum Gasteiger partial charge on any atom is -0.369 e. The molecule has 2 aliphatic heterocycles. The maximum absolute atomic E-state index is 13.2. The Kier molecular flexibility index (Phi) is 2.93. The number of fused-ring (bicyclic) bond motifs is 4. The predicted octanol–water partition coefficient (Wildman–Crippen LogP) is 2.63. The highest BCUT2D eigenvalue weighted by Crippen LogP contribution is 2.57. The minimum atomic E-state index is -0.271. The van der Waals surface area contributed by atoms with Gasteiger partial charge in [0.2, 0.25) is 5.91 Å². The number of rotatable bonds is 4. The van der Waals surface area contributed by atoms with Gasteiger partial charge in [0, 0.05) is 24.0 Å². The van der Waals surface area contributed by atoms with Gasteiger partial charge in [-0.15, -0.1) is 0 Å². The van der Waals surface area contributed by atoms with Crippen molar-refractivity contribution in [1.29, 1.82) is 0 Å². The third kappa shape index (κ3) is 1.87. The number of carbonyl (C=O) groups is 2. The standard InChI is InChI=1S/C19H29N3O2/c20-15(23)17-5-8-18(9-6-17,10-7-17)22-13-19(12-14-2-3-14)4-1-11-21(19)16(22)24/h14H,1-13H2,(H2,20,23)/t17?,18?,19-/m1/s1. The summed E-state index contributed by atoms with van der Waals surface area (Å²) in [6.07, 6.45) is 11.8. The minimum absolute atomic E-state index is 0.00910. The van der Waals surface area contributed by atoms with Crippen molar-refractivity contribution >= 4 is 11.9 Å². The summed E-state index contributed by atoms with van der Waals surface area (Å²) in [7, 11) is 0. The molecule has 2 heterocycles. The molecule has 5 heteroatoms. The van der Waals surface area contributed by atoms with Crippen molar-refractivity contribution in [3.05, 3.63) is 0 Å². The quantitative estimate of drug-likeness (QED) is 0.860. The van der Waals surface area contributed by atoms with E-state index < -0.39 is 0 Å². The van der Waals surface area contributed by atoms with Crippen molar-refractivity contribution < 1.29 is 9.59 Å². The number of amides is 3. The largest absolute Gasteiger partial charge is 0.369 e. The van der Waals surface area contributed by atoms with E-state index in [2.05, 4.69) is 9.80 Å². The molecule has 24 heavy (non-hydrogen) atoms. The molecule has 0 radical (unpaired) electrons. The van der Waals surface area contributed by atoms with E-state index in [9.17, 15) is 9.59 Å². The summed E-state index contributed by atoms with van der Waals surface area (Å²) >= 11 is 0. The summed E-state index contributed by atoms with van der Waals surface area (Å²) in [4.78, 5) is 29.6. The van der Waals surface area contributed by atoms with E-state index in [0.717, 1.165) is 57.5 Å². The van der Waals surface area contributed by atoms with E-state index in [1.54, 1.807) is 0 Å². The number of nitrogens with zero attached hydrogens (tertiary/aromatic N) is 2. The van der Waals surface area contributed by atoms with Crippen LogP contribution < -0.4 is 5.73 Å². The monoisotopic (exact) mass is 331 g/mol. The molecule has 1 atom stereocenters. The maximum atomic E-state index is 13.2. The predicted molar refractivity (Wildman–Crippen MR) is 90.2 cm³/mol. The van der Waals surface area contributed by atoms with Gasteiger partial charge in [0.25, 0.3) is 0 Å². The number of nitrogens with two attached hydrogens (primary N) is 1. The highest BCUT2D eigenvalue weighted by molar-refractivity contribution is 5.82. The molecule has 6 aliphatic rings. The highest BCUT2D eigenvalue weighted by Gasteiger charge is 2.61. The second kappa shape index (κ2) is 4.67. The van der Waals surface area contributed by atoms with Crippen molar-refractivity contribution in [3.8, 4) is 0 Å². The molecule has 0 aromatic carbocycles. The van der Waals surface area contributed by atoms with Gasteiger partial charge in [-0.3, -0.25) is 4.79 Å². The van der Waals surface area contributed by atoms with Gasteiger partial charge in [0.1, 0.15) is 0 Å². The lowest BCUT2D eigenvalue weighted by molar-refractivity contribution is -0.137. The first-order chi connectivity index (χ1) is 11.5. The fraction of sp³-hybridized carbons (Fsp3) is 0.895. The summed E-state index contributed by atoms with van der Waals surface area (Å²) in [5, 5.41) is 0. The average Bonchev–Trinajstić information content (AvgIpc) is 3.23. The van der Waals surface area contributed by atoms with Gasteiger partial charge in [-0.1, -0.05) is 12.8 Å². The van der Waals surface area contributed by atoms with Gasteiger partial charge in [0.05, 0.1) is 5.54 Å². The van der Waals surface area contributed by atoms with E-state index in [1.807, 2.05) is 0 Å². The maximum Gasteiger partial charge on any atom is 0.321 e. The summed E-state index contributed by atoms with van der Waals surface area (Å²) in [5.41, 5.74) is 5.56. The van der Waals surface area contributed by atoms with Crippen LogP contribution in [-0.2, 0) is 4.79 Å². The molecule has 2 N–H and O–H groups in total. The number of hydrogen-bond acceptors (Lipinski definition) is 2. The smallest absolute Gasteiger partial charge is 0.321 e. The van der Waals surface area contributed by atoms with Gasteiger partial charge in [-0.2, -0.15) is 0 Å². The molecular formula is C19H29N3O2. The van der Waals surface area contributed by atoms with Crippen LogP contribution in [0.5, 0.6) is 0 Å². The van der Waals surface area contributed by atoms with E-state index in [-0.39, 0.29) is 22.4 Å². The van der Waals surface area contributed by atoms with Crippen LogP contribution in [0, 0.1) is 11.3 Å². The summed E-state index contributed by atoms with van der Waals surface area (Å²) in [5.74, 6) is 0.741. The van der Waals surface area contributed by atoms with Gasteiger partial charge in [-0.05, 0) is 63.7 Å². The van der Waals surface area contributed by atoms with Gasteiger partial charge in [0.15, 0.2) is 0 Å². The first-order valence-corrected chi connectivity index (χ1v) is 9.88. The SMILES string of the molecule is NC(=O)C12CCC(N3C[C@]4(CC5CC5)CCCN4C3=O)(CC1)CC2. The normalized spacial score (nSPS) is 44.2. The first kappa shape index (κ1) is 15.0. The molecule has 5 nitrogen and oxygen atoms in total. The van der Waals surface area contributed by atoms with E-state index in [4.69, 9.17) is 5.73 Å². The Bertz CT molecular complexity index is 575. The fourth-order valence-electron chi connectivity index (χ4n) is 6.36. The van der Waals surface area contributed by atoms with Gasteiger partial charge >= 0.3 is 6.03 Å². The molecule has 0 unspecified atom stereocenters. The molecule has 0 aromatic rings. The fourth-order valence-corrected chi connectivity index (χ4v) is 6.36. The third-order valence-corrected chi connectivity index (χ3v) is 8.18. The molecule has 4 saturated carbocycles. The molecule has 0 aromatic heterocycles. The van der Waals surface area contributed by atoms with Crippen LogP contribution in [0.1, 0.15) is 70.6 Å². The van der Waals surface area contributed by atoms with Crippen LogP contribution in [0.3, 0.4) is 0 Å². The van der Waals surface area contributed by atoms with Crippen LogP contribution in [0.15, 0.2) is 0 Å². The molecule has 3 amide bonds. The Morgan fingerprint density at radius 2 is 1.71 bits per heavy atom. The van der Waals surface area contributed by atoms with Crippen LogP contribution in [-0.4, -0.2) is 45.9 Å². The van der Waals surface area contributed by atoms with Crippen molar-refractivity contribution in [3.63, 3.8) is 0 Å². The summed E-state index contributed by atoms with van der Waals surface area (Å²) < 4.78 is 0. The Morgan fingerprint density at radius 3 is 2.29 bits per heavy atom. The Morgan fingerprint density at radius 1 is 1.04 bits per heavy atom. The Labute approximate surface area is 143 Å². The molecule has 132 valence electrons. The lowest BCUT2D eigenvalue weighted by Gasteiger charge is -2.55. The molecule has 6 fully saturated rings. The van der Waals surface area contributed by atoms with Crippen molar-refractivity contribution in [1.82, 2.24) is 9.80 Å². The highest BCUT2D eigenvalue weighted by atomic mass is 16.2. The zero-order valence-corrected chi connectivity index (χ0v) is 14.6. The molecular weight excluding hydrogens is 302 g/mol. The molecule has 2 bridgehead atoms. The number of carbonyl (C=O) groups excluding carboxylic acids is 2. The second-order valence-corrected chi connectivity index (χ2v) is 9.36. The summed E-state index contributed by atoms with van der Waals surface area (Å²) in [6.45, 7) is 1.88. The van der Waals surface area contributed by atoms with E-state index in [1.165, 1.54) is 32.1 Å². The number of hydrogen-bond donors (Lipinski definition) is 1. The molecule has 0 spiro atoms. The topological polar surface area (TPSA) is 66.6 Å². The molecule has 4 aliphatic carbocycles. The van der Waals surface area contributed by atoms with Gasteiger partial charge < -0.3 is 15.5 Å².